The Morgan fingerprint density at radius 2 is 2.04 bits per heavy atom. The van der Waals surface area contributed by atoms with Crippen LogP contribution in [0.3, 0.4) is 0 Å². The fraction of sp³-hybridized carbons (Fsp3) is 0.556. The van der Waals surface area contributed by atoms with Gasteiger partial charge in [-0.2, -0.15) is 4.68 Å². The summed E-state index contributed by atoms with van der Waals surface area (Å²) in [4.78, 5) is 17.1. The molecule has 1 amide bonds. The molecule has 2 heterocycles. The number of hydrogen-bond acceptors (Lipinski definition) is 7. The molecule has 1 aromatic heterocycles. The average Bonchev–Trinajstić information content (AvgIpc) is 3.15. The third-order valence-corrected chi connectivity index (χ3v) is 5.79. The first-order valence-corrected chi connectivity index (χ1v) is 10.0. The van der Waals surface area contributed by atoms with E-state index in [-0.39, 0.29) is 11.2 Å². The van der Waals surface area contributed by atoms with Gasteiger partial charge in [0.2, 0.25) is 11.1 Å². The van der Waals surface area contributed by atoms with Crippen molar-refractivity contribution in [3.05, 3.63) is 23.8 Å². The number of rotatable bonds is 6. The Kier molecular flexibility index (Phi) is 6.33. The fourth-order valence-corrected chi connectivity index (χ4v) is 4.00. The van der Waals surface area contributed by atoms with Gasteiger partial charge in [0, 0.05) is 26.2 Å². The summed E-state index contributed by atoms with van der Waals surface area (Å²) in [6.45, 7) is 10.5. The molecule has 1 saturated heterocycles. The van der Waals surface area contributed by atoms with Crippen LogP contribution in [0.5, 0.6) is 5.75 Å². The summed E-state index contributed by atoms with van der Waals surface area (Å²) in [5.41, 5.74) is 1.84. The maximum Gasteiger partial charge on any atom is 0.235 e. The van der Waals surface area contributed by atoms with Gasteiger partial charge in [-0.1, -0.05) is 24.8 Å². The topological polar surface area (TPSA) is 76.4 Å². The predicted octanol–water partition coefficient (Wildman–Crippen LogP) is 1.62. The van der Waals surface area contributed by atoms with Gasteiger partial charge in [-0.3, -0.25) is 4.79 Å². The van der Waals surface area contributed by atoms with E-state index in [4.69, 9.17) is 4.74 Å². The van der Waals surface area contributed by atoms with E-state index in [2.05, 4.69) is 27.3 Å². The van der Waals surface area contributed by atoms with Gasteiger partial charge in [-0.25, -0.2) is 0 Å². The van der Waals surface area contributed by atoms with Crippen LogP contribution in [-0.2, 0) is 4.79 Å². The van der Waals surface area contributed by atoms with Gasteiger partial charge in [0.15, 0.2) is 0 Å². The quantitative estimate of drug-likeness (QED) is 0.694. The highest BCUT2D eigenvalue weighted by Gasteiger charge is 2.27. The van der Waals surface area contributed by atoms with Crippen LogP contribution in [0.15, 0.2) is 23.4 Å². The second-order valence-corrected chi connectivity index (χ2v) is 7.88. The zero-order chi connectivity index (χ0) is 19.4. The molecule has 27 heavy (non-hydrogen) atoms. The molecule has 9 heteroatoms. The number of ether oxygens (including phenoxy) is 1. The molecule has 8 nitrogen and oxygen atoms in total. The van der Waals surface area contributed by atoms with Crippen LogP contribution >= 0.6 is 11.8 Å². The van der Waals surface area contributed by atoms with Crippen LogP contribution in [0.2, 0.25) is 0 Å². The predicted molar refractivity (Wildman–Crippen MR) is 104 cm³/mol. The van der Waals surface area contributed by atoms with Crippen LogP contribution in [0.4, 0.5) is 0 Å². The minimum absolute atomic E-state index is 0.126. The number of amides is 1. The van der Waals surface area contributed by atoms with Crippen molar-refractivity contribution in [3.63, 3.8) is 0 Å². The lowest BCUT2D eigenvalue weighted by Crippen LogP contribution is -2.50. The van der Waals surface area contributed by atoms with E-state index in [1.165, 1.54) is 11.8 Å². The fourth-order valence-electron chi connectivity index (χ4n) is 3.12. The van der Waals surface area contributed by atoms with Crippen LogP contribution in [-0.4, -0.2) is 81.0 Å². The standard InChI is InChI=1S/C18H26N6O2S/c1-5-22-8-10-23(11-9-22)17(25)14(3)27-18-19-20-21-24(18)15-12-13(2)6-7-16(15)26-4/h6-7,12,14H,5,8-11H2,1-4H3/t14-/m1/s1. The van der Waals surface area contributed by atoms with Crippen molar-refractivity contribution in [1.29, 1.82) is 0 Å². The number of likely N-dealkylation sites (N-methyl/N-ethyl adjacent to an activating group) is 1. The van der Waals surface area contributed by atoms with Gasteiger partial charge in [0.25, 0.3) is 0 Å². The number of aryl methyl sites for hydroxylation is 1. The molecule has 146 valence electrons. The lowest BCUT2D eigenvalue weighted by atomic mass is 10.2. The Morgan fingerprint density at radius 3 is 2.70 bits per heavy atom. The molecule has 0 N–H and O–H groups in total. The molecule has 1 atom stereocenters. The van der Waals surface area contributed by atoms with E-state index < -0.39 is 0 Å². The van der Waals surface area contributed by atoms with Crippen molar-refractivity contribution in [2.75, 3.05) is 39.8 Å². The van der Waals surface area contributed by atoms with Gasteiger partial charge < -0.3 is 14.5 Å². The molecule has 1 aromatic carbocycles. The van der Waals surface area contributed by atoms with E-state index in [1.54, 1.807) is 11.8 Å². The first-order valence-electron chi connectivity index (χ1n) is 9.14. The molecule has 0 spiro atoms. The van der Waals surface area contributed by atoms with Gasteiger partial charge in [-0.05, 0) is 48.5 Å². The van der Waals surface area contributed by atoms with Gasteiger partial charge in [0.05, 0.1) is 12.4 Å². The Hall–Kier alpha value is -2.13. The van der Waals surface area contributed by atoms with Crippen molar-refractivity contribution in [2.45, 2.75) is 31.2 Å². The maximum atomic E-state index is 12.8. The Balaban J connectivity index is 1.73. The van der Waals surface area contributed by atoms with E-state index >= 15 is 0 Å². The molecule has 2 aromatic rings. The molecule has 1 aliphatic heterocycles. The molecule has 3 rings (SSSR count). The normalized spacial score (nSPS) is 16.4. The highest BCUT2D eigenvalue weighted by atomic mass is 32.2. The molecular formula is C18H26N6O2S. The third kappa shape index (κ3) is 4.41. The van der Waals surface area contributed by atoms with Crippen LogP contribution in [0.25, 0.3) is 5.69 Å². The van der Waals surface area contributed by atoms with Crippen LogP contribution in [0, 0.1) is 6.92 Å². The summed E-state index contributed by atoms with van der Waals surface area (Å²) >= 11 is 1.37. The summed E-state index contributed by atoms with van der Waals surface area (Å²) in [6.07, 6.45) is 0. The number of methoxy groups -OCH3 is 1. The second kappa shape index (κ2) is 8.71. The van der Waals surface area contributed by atoms with Crippen molar-refractivity contribution < 1.29 is 9.53 Å². The lowest BCUT2D eigenvalue weighted by Gasteiger charge is -2.35. The number of nitrogens with zero attached hydrogens (tertiary/aromatic N) is 6. The average molecular weight is 391 g/mol. The Bertz CT molecular complexity index is 788. The number of hydrogen-bond donors (Lipinski definition) is 0. The number of aromatic nitrogens is 4. The van der Waals surface area contributed by atoms with Crippen molar-refractivity contribution in [2.24, 2.45) is 0 Å². The van der Waals surface area contributed by atoms with E-state index in [9.17, 15) is 4.79 Å². The Labute approximate surface area is 163 Å². The zero-order valence-electron chi connectivity index (χ0n) is 16.3. The minimum atomic E-state index is -0.265. The highest BCUT2D eigenvalue weighted by Crippen LogP contribution is 2.29. The van der Waals surface area contributed by atoms with E-state index in [0.29, 0.717) is 10.9 Å². The molecule has 0 radical (unpaired) electrons. The number of tetrazole rings is 1. The van der Waals surface area contributed by atoms with Gasteiger partial charge >= 0.3 is 0 Å². The maximum absolute atomic E-state index is 12.8. The summed E-state index contributed by atoms with van der Waals surface area (Å²) in [5, 5.41) is 12.3. The monoisotopic (exact) mass is 390 g/mol. The number of carbonyl (C=O) groups excluding carboxylic acids is 1. The molecular weight excluding hydrogens is 364 g/mol. The van der Waals surface area contributed by atoms with Crippen LogP contribution in [0.1, 0.15) is 19.4 Å². The number of piperazine rings is 1. The highest BCUT2D eigenvalue weighted by molar-refractivity contribution is 8.00. The summed E-state index contributed by atoms with van der Waals surface area (Å²) in [6, 6.07) is 5.83. The molecule has 1 aliphatic rings. The first-order chi connectivity index (χ1) is 13.0. The third-order valence-electron chi connectivity index (χ3n) is 4.76. The second-order valence-electron chi connectivity index (χ2n) is 6.57. The summed E-state index contributed by atoms with van der Waals surface area (Å²) in [5.74, 6) is 0.811. The molecule has 0 unspecified atom stereocenters. The van der Waals surface area contributed by atoms with Crippen molar-refractivity contribution >= 4 is 17.7 Å². The summed E-state index contributed by atoms with van der Waals surface area (Å²) in [7, 11) is 1.62. The minimum Gasteiger partial charge on any atom is -0.494 e. The number of carbonyl (C=O) groups is 1. The summed E-state index contributed by atoms with van der Waals surface area (Å²) < 4.78 is 7.08. The smallest absolute Gasteiger partial charge is 0.235 e. The Morgan fingerprint density at radius 1 is 1.30 bits per heavy atom. The van der Waals surface area contributed by atoms with Gasteiger partial charge in [-0.15, -0.1) is 5.10 Å². The zero-order valence-corrected chi connectivity index (χ0v) is 17.1. The SMILES string of the molecule is CCN1CCN(C(=O)[C@@H](C)Sc2nnnn2-c2cc(C)ccc2OC)CC1. The lowest BCUT2D eigenvalue weighted by molar-refractivity contribution is -0.132. The van der Waals surface area contributed by atoms with E-state index in [0.717, 1.165) is 44.0 Å². The number of thioether (sulfide) groups is 1. The molecule has 0 saturated carbocycles. The molecule has 0 aliphatic carbocycles. The molecule has 1 fully saturated rings. The van der Waals surface area contributed by atoms with Crippen molar-refractivity contribution in [1.82, 2.24) is 30.0 Å². The van der Waals surface area contributed by atoms with Crippen molar-refractivity contribution in [3.8, 4) is 11.4 Å². The van der Waals surface area contributed by atoms with E-state index in [1.807, 2.05) is 36.9 Å². The van der Waals surface area contributed by atoms with Crippen LogP contribution < -0.4 is 4.74 Å². The largest absolute Gasteiger partial charge is 0.494 e. The first kappa shape index (κ1) is 19.6. The number of benzene rings is 1. The molecule has 0 bridgehead atoms. The van der Waals surface area contributed by atoms with Gasteiger partial charge in [0.1, 0.15) is 11.4 Å².